The van der Waals surface area contributed by atoms with E-state index in [0.29, 0.717) is 11.7 Å². The van der Waals surface area contributed by atoms with Gasteiger partial charge in [0.15, 0.2) is 0 Å². The zero-order valence-electron chi connectivity index (χ0n) is 16.7. The largest absolute Gasteiger partial charge is 0.426 e. The van der Waals surface area contributed by atoms with E-state index in [4.69, 9.17) is 10.00 Å². The summed E-state index contributed by atoms with van der Waals surface area (Å²) in [4.78, 5) is 12.4. The van der Waals surface area contributed by atoms with Crippen molar-refractivity contribution in [3.63, 3.8) is 0 Å². The number of hydrogen-bond acceptors (Lipinski definition) is 3. The average molecular weight is 368 g/mol. The fourth-order valence-electron chi connectivity index (χ4n) is 4.74. The molecule has 0 aliphatic heterocycles. The number of benzene rings is 1. The van der Waals surface area contributed by atoms with Gasteiger partial charge in [0.2, 0.25) is 0 Å². The van der Waals surface area contributed by atoms with E-state index < -0.39 is 0 Å². The molecule has 3 heteroatoms. The second-order valence-electron chi connectivity index (χ2n) is 8.53. The van der Waals surface area contributed by atoms with Crippen LogP contribution in [0.4, 0.5) is 0 Å². The highest BCUT2D eigenvalue weighted by molar-refractivity contribution is 5.75. The molecule has 2 saturated carbocycles. The molecule has 27 heavy (non-hydrogen) atoms. The number of carbonyl (C=O) groups excluding carboxylic acids is 1. The molecule has 0 heterocycles. The fraction of sp³-hybridized carbons (Fsp3) is 0.667. The number of esters is 1. The molecule has 2 aliphatic rings. The van der Waals surface area contributed by atoms with Crippen LogP contribution in [-0.2, 0) is 4.79 Å². The molecule has 0 amide bonds. The fourth-order valence-corrected chi connectivity index (χ4v) is 4.74. The third-order valence-electron chi connectivity index (χ3n) is 6.63. The van der Waals surface area contributed by atoms with Crippen LogP contribution in [-0.4, -0.2) is 5.97 Å². The summed E-state index contributed by atoms with van der Waals surface area (Å²) in [5.74, 6) is 2.18. The number of rotatable bonds is 6. The maximum atomic E-state index is 12.4. The van der Waals surface area contributed by atoms with Crippen LogP contribution in [0.25, 0.3) is 0 Å². The Balaban J connectivity index is 1.46. The van der Waals surface area contributed by atoms with Crippen LogP contribution < -0.4 is 4.74 Å². The third kappa shape index (κ3) is 5.58. The van der Waals surface area contributed by atoms with Crippen LogP contribution >= 0.6 is 0 Å². The Bertz CT molecular complexity index is 629. The van der Waals surface area contributed by atoms with E-state index in [1.807, 2.05) is 12.1 Å². The third-order valence-corrected chi connectivity index (χ3v) is 6.63. The van der Waals surface area contributed by atoms with E-state index in [0.717, 1.165) is 31.6 Å². The summed E-state index contributed by atoms with van der Waals surface area (Å²) in [5.41, 5.74) is 1.39. The molecule has 0 N–H and O–H groups in total. The van der Waals surface area contributed by atoms with Crippen molar-refractivity contribution in [2.75, 3.05) is 0 Å². The SMILES string of the molecule is CCCC[C@H]1CC[C@H](c2ccc(OC(=O)[C@H]3CC[C@H](C#N)CC3)cc2)CC1. The number of nitrogens with zero attached hydrogens (tertiary/aromatic N) is 1. The molecular formula is C24H33NO2. The van der Waals surface area contributed by atoms with Gasteiger partial charge in [0.05, 0.1) is 12.0 Å². The molecule has 3 rings (SSSR count). The maximum absolute atomic E-state index is 12.4. The van der Waals surface area contributed by atoms with Gasteiger partial charge in [-0.1, -0.05) is 38.3 Å². The normalized spacial score (nSPS) is 28.3. The van der Waals surface area contributed by atoms with Crippen molar-refractivity contribution in [3.8, 4) is 11.8 Å². The summed E-state index contributed by atoms with van der Waals surface area (Å²) in [6.45, 7) is 2.28. The summed E-state index contributed by atoms with van der Waals surface area (Å²) in [7, 11) is 0. The lowest BCUT2D eigenvalue weighted by molar-refractivity contribution is -0.140. The summed E-state index contributed by atoms with van der Waals surface area (Å²) >= 11 is 0. The van der Waals surface area contributed by atoms with E-state index in [9.17, 15) is 4.79 Å². The van der Waals surface area contributed by atoms with Gasteiger partial charge in [-0.15, -0.1) is 0 Å². The van der Waals surface area contributed by atoms with E-state index in [1.54, 1.807) is 0 Å². The van der Waals surface area contributed by atoms with Gasteiger partial charge in [-0.05, 0) is 80.9 Å². The van der Waals surface area contributed by atoms with Crippen molar-refractivity contribution < 1.29 is 9.53 Å². The number of unbranched alkanes of at least 4 members (excludes halogenated alkanes) is 1. The Hall–Kier alpha value is -1.82. The van der Waals surface area contributed by atoms with Crippen molar-refractivity contribution in [3.05, 3.63) is 29.8 Å². The van der Waals surface area contributed by atoms with E-state index >= 15 is 0 Å². The summed E-state index contributed by atoms with van der Waals surface area (Å²) in [6, 6.07) is 10.5. The van der Waals surface area contributed by atoms with E-state index in [1.165, 1.54) is 50.5 Å². The molecule has 3 nitrogen and oxygen atoms in total. The molecule has 0 unspecified atom stereocenters. The minimum Gasteiger partial charge on any atom is -0.426 e. The second kappa shape index (κ2) is 9.93. The standard InChI is InChI=1S/C24H33NO2/c1-2-3-4-18-5-9-20(10-6-18)21-13-15-23(16-14-21)27-24(26)22-11-7-19(17-25)8-12-22/h13-16,18-20,22H,2-12H2,1H3/t18-,19-,20-,22-. The summed E-state index contributed by atoms with van der Waals surface area (Å²) in [5, 5.41) is 8.97. The van der Waals surface area contributed by atoms with Crippen LogP contribution in [0.2, 0.25) is 0 Å². The molecule has 0 spiro atoms. The van der Waals surface area contributed by atoms with Crippen molar-refractivity contribution in [1.82, 2.24) is 0 Å². The van der Waals surface area contributed by atoms with Crippen molar-refractivity contribution in [2.24, 2.45) is 17.8 Å². The molecule has 1 aromatic rings. The van der Waals surface area contributed by atoms with E-state index in [-0.39, 0.29) is 17.8 Å². The summed E-state index contributed by atoms with van der Waals surface area (Å²) in [6.07, 6.45) is 12.5. The first-order chi connectivity index (χ1) is 13.2. The Morgan fingerprint density at radius 2 is 1.70 bits per heavy atom. The van der Waals surface area contributed by atoms with Gasteiger partial charge < -0.3 is 4.74 Å². The zero-order chi connectivity index (χ0) is 19.1. The van der Waals surface area contributed by atoms with Crippen molar-refractivity contribution in [1.29, 1.82) is 5.26 Å². The predicted octanol–water partition coefficient (Wildman–Crippen LogP) is 6.39. The number of hydrogen-bond donors (Lipinski definition) is 0. The van der Waals surface area contributed by atoms with Crippen LogP contribution in [0, 0.1) is 29.1 Å². The lowest BCUT2D eigenvalue weighted by atomic mass is 9.77. The Morgan fingerprint density at radius 3 is 2.30 bits per heavy atom. The lowest BCUT2D eigenvalue weighted by Gasteiger charge is -2.29. The topological polar surface area (TPSA) is 50.1 Å². The average Bonchev–Trinajstić information content (AvgIpc) is 2.73. The molecule has 0 saturated heterocycles. The molecule has 0 bridgehead atoms. The summed E-state index contributed by atoms with van der Waals surface area (Å²) < 4.78 is 5.60. The van der Waals surface area contributed by atoms with Crippen LogP contribution in [0.15, 0.2) is 24.3 Å². The molecule has 146 valence electrons. The number of nitriles is 1. The van der Waals surface area contributed by atoms with Crippen LogP contribution in [0.5, 0.6) is 5.75 Å². The Morgan fingerprint density at radius 1 is 1.04 bits per heavy atom. The zero-order valence-corrected chi connectivity index (χ0v) is 16.7. The van der Waals surface area contributed by atoms with Gasteiger partial charge in [-0.3, -0.25) is 4.79 Å². The molecule has 0 aromatic heterocycles. The van der Waals surface area contributed by atoms with Crippen LogP contribution in [0.1, 0.15) is 89.0 Å². The van der Waals surface area contributed by atoms with E-state index in [2.05, 4.69) is 25.1 Å². The van der Waals surface area contributed by atoms with Gasteiger partial charge in [0, 0.05) is 5.92 Å². The highest BCUT2D eigenvalue weighted by Crippen LogP contribution is 2.38. The van der Waals surface area contributed by atoms with Gasteiger partial charge in [0.1, 0.15) is 5.75 Å². The predicted molar refractivity (Wildman–Crippen MR) is 107 cm³/mol. The Kier molecular flexibility index (Phi) is 7.33. The molecule has 0 atom stereocenters. The minimum absolute atomic E-state index is 0.0484. The monoisotopic (exact) mass is 367 g/mol. The maximum Gasteiger partial charge on any atom is 0.314 e. The molecular weight excluding hydrogens is 334 g/mol. The minimum atomic E-state index is -0.129. The van der Waals surface area contributed by atoms with Gasteiger partial charge in [0.25, 0.3) is 0 Å². The van der Waals surface area contributed by atoms with Crippen LogP contribution in [0.3, 0.4) is 0 Å². The van der Waals surface area contributed by atoms with Crippen molar-refractivity contribution >= 4 is 5.97 Å². The van der Waals surface area contributed by atoms with Gasteiger partial charge in [-0.25, -0.2) is 0 Å². The molecule has 1 aromatic carbocycles. The highest BCUT2D eigenvalue weighted by atomic mass is 16.5. The lowest BCUT2D eigenvalue weighted by Crippen LogP contribution is -2.25. The quantitative estimate of drug-likeness (QED) is 0.432. The number of ether oxygens (including phenoxy) is 1. The first-order valence-corrected chi connectivity index (χ1v) is 10.9. The smallest absolute Gasteiger partial charge is 0.314 e. The first kappa shape index (κ1) is 19.9. The van der Waals surface area contributed by atoms with Gasteiger partial charge in [-0.2, -0.15) is 5.26 Å². The van der Waals surface area contributed by atoms with Gasteiger partial charge >= 0.3 is 5.97 Å². The molecule has 2 aliphatic carbocycles. The second-order valence-corrected chi connectivity index (χ2v) is 8.53. The highest BCUT2D eigenvalue weighted by Gasteiger charge is 2.28. The molecule has 0 radical (unpaired) electrons. The Labute approximate surface area is 164 Å². The first-order valence-electron chi connectivity index (χ1n) is 10.9. The van der Waals surface area contributed by atoms with Crippen molar-refractivity contribution in [2.45, 2.75) is 83.5 Å². The molecule has 2 fully saturated rings. The number of carbonyl (C=O) groups is 1.